The Morgan fingerprint density at radius 3 is 2.42 bits per heavy atom. The van der Waals surface area contributed by atoms with E-state index in [4.69, 9.17) is 34.8 Å². The van der Waals surface area contributed by atoms with Gasteiger partial charge in [-0.25, -0.2) is 0 Å². The quantitative estimate of drug-likeness (QED) is 0.335. The van der Waals surface area contributed by atoms with Gasteiger partial charge in [-0.05, 0) is 66.3 Å². The zero-order valence-electron chi connectivity index (χ0n) is 13.0. The number of aryl methyl sites for hydroxylation is 2. The molecule has 0 saturated heterocycles. The van der Waals surface area contributed by atoms with Gasteiger partial charge in [0.05, 0.1) is 0 Å². The summed E-state index contributed by atoms with van der Waals surface area (Å²) in [4.78, 5) is 12.5. The number of carbonyl (C=O) groups excluding carboxylic acids is 1. The maximum atomic E-state index is 12.5. The van der Waals surface area contributed by atoms with Crippen LogP contribution in [0.5, 0.6) is 0 Å². The van der Waals surface area contributed by atoms with Gasteiger partial charge in [-0.3, -0.25) is 4.79 Å². The molecule has 2 aromatic rings. The van der Waals surface area contributed by atoms with Crippen LogP contribution in [-0.4, -0.2) is 15.9 Å². The van der Waals surface area contributed by atoms with Crippen LogP contribution in [-0.2, 0) is 0 Å². The number of halogens is 4. The van der Waals surface area contributed by atoms with E-state index in [1.165, 1.54) is 0 Å². The predicted octanol–water partition coefficient (Wildman–Crippen LogP) is 5.45. The second-order valence-electron chi connectivity index (χ2n) is 5.42. The van der Waals surface area contributed by atoms with Gasteiger partial charge in [-0.15, -0.1) is 0 Å². The molecule has 2 N–H and O–H groups in total. The van der Waals surface area contributed by atoms with Gasteiger partial charge in [-0.1, -0.05) is 58.6 Å². The summed E-state index contributed by atoms with van der Waals surface area (Å²) in [5, 5.41) is 5.84. The fourth-order valence-corrected chi connectivity index (χ4v) is 3.05. The van der Waals surface area contributed by atoms with Crippen LogP contribution in [0.3, 0.4) is 0 Å². The molecule has 7 heteroatoms. The predicted molar refractivity (Wildman–Crippen MR) is 110 cm³/mol. The lowest BCUT2D eigenvalue weighted by molar-refractivity contribution is 0.0941. The maximum Gasteiger partial charge on any atom is 0.253 e. The molecule has 0 aliphatic rings. The zero-order chi connectivity index (χ0) is 17.9. The van der Waals surface area contributed by atoms with E-state index in [2.05, 4.69) is 33.2 Å². The normalized spacial score (nSPS) is 12.6. The summed E-state index contributed by atoms with van der Waals surface area (Å²) in [5.41, 5.74) is 3.42. The lowest BCUT2D eigenvalue weighted by Gasteiger charge is -2.28. The molecule has 24 heavy (non-hydrogen) atoms. The molecule has 1 unspecified atom stereocenters. The van der Waals surface area contributed by atoms with E-state index in [1.807, 2.05) is 38.1 Å². The third-order valence-corrected chi connectivity index (χ3v) is 4.70. The van der Waals surface area contributed by atoms with Crippen molar-refractivity contribution in [2.45, 2.75) is 23.8 Å². The fourth-order valence-electron chi connectivity index (χ4n) is 2.17. The Kier molecular flexibility index (Phi) is 6.65. The monoisotopic (exact) mass is 496 g/mol. The summed E-state index contributed by atoms with van der Waals surface area (Å²) >= 11 is 20.3. The summed E-state index contributed by atoms with van der Waals surface area (Å²) < 4.78 is -0.761. The molecule has 0 heterocycles. The minimum atomic E-state index is -1.71. The van der Waals surface area contributed by atoms with Crippen LogP contribution >= 0.6 is 57.4 Å². The van der Waals surface area contributed by atoms with E-state index >= 15 is 0 Å². The molecule has 0 aliphatic heterocycles. The molecular weight excluding hydrogens is 481 g/mol. The number of anilines is 1. The molecule has 0 saturated carbocycles. The summed E-state index contributed by atoms with van der Waals surface area (Å²) in [6, 6.07) is 13.0. The Morgan fingerprint density at radius 1 is 1.12 bits per heavy atom. The third kappa shape index (κ3) is 5.41. The van der Waals surface area contributed by atoms with Gasteiger partial charge in [-0.2, -0.15) is 0 Å². The van der Waals surface area contributed by atoms with Crippen LogP contribution in [0.2, 0.25) is 0 Å². The van der Waals surface area contributed by atoms with Gasteiger partial charge in [0.25, 0.3) is 5.91 Å². The topological polar surface area (TPSA) is 41.1 Å². The van der Waals surface area contributed by atoms with Gasteiger partial charge in [0.15, 0.2) is 0 Å². The highest BCUT2D eigenvalue weighted by molar-refractivity contribution is 14.1. The fraction of sp³-hybridized carbons (Fsp3) is 0.235. The molecule has 0 aliphatic carbocycles. The van der Waals surface area contributed by atoms with Gasteiger partial charge in [0.2, 0.25) is 3.79 Å². The first-order valence-corrected chi connectivity index (χ1v) is 9.35. The molecule has 0 fully saturated rings. The van der Waals surface area contributed by atoms with Gasteiger partial charge in [0, 0.05) is 14.8 Å². The number of nitrogens with one attached hydrogen (secondary N) is 2. The lowest BCUT2D eigenvalue weighted by atomic mass is 10.1. The van der Waals surface area contributed by atoms with Crippen LogP contribution in [0.1, 0.15) is 21.5 Å². The van der Waals surface area contributed by atoms with E-state index in [0.717, 1.165) is 20.4 Å². The van der Waals surface area contributed by atoms with Crippen LogP contribution < -0.4 is 10.6 Å². The SMILES string of the molecule is Cc1ccc(NC(NC(=O)c2cccc(I)c2)C(Cl)(Cl)Cl)c(C)c1. The van der Waals surface area contributed by atoms with E-state index in [9.17, 15) is 4.79 Å². The second-order valence-corrected chi connectivity index (χ2v) is 9.04. The average Bonchev–Trinajstić information content (AvgIpc) is 2.48. The van der Waals surface area contributed by atoms with E-state index < -0.39 is 9.96 Å². The average molecular weight is 498 g/mol. The maximum absolute atomic E-state index is 12.5. The van der Waals surface area contributed by atoms with E-state index in [0.29, 0.717) is 5.56 Å². The van der Waals surface area contributed by atoms with E-state index in [-0.39, 0.29) is 5.91 Å². The van der Waals surface area contributed by atoms with Gasteiger partial charge < -0.3 is 10.6 Å². The number of rotatable bonds is 4. The first-order valence-electron chi connectivity index (χ1n) is 7.14. The van der Waals surface area contributed by atoms with Gasteiger partial charge >= 0.3 is 0 Å². The van der Waals surface area contributed by atoms with E-state index in [1.54, 1.807) is 18.2 Å². The van der Waals surface area contributed by atoms with Crippen molar-refractivity contribution >= 4 is 69.0 Å². The van der Waals surface area contributed by atoms with Gasteiger partial charge in [0.1, 0.15) is 6.17 Å². The Bertz CT molecular complexity index is 747. The highest BCUT2D eigenvalue weighted by atomic mass is 127. The minimum absolute atomic E-state index is 0.317. The molecular formula is C17H16Cl3IN2O. The van der Waals surface area contributed by atoms with Crippen LogP contribution in [0.4, 0.5) is 5.69 Å². The molecule has 3 nitrogen and oxygen atoms in total. The molecule has 0 spiro atoms. The van der Waals surface area contributed by atoms with Crippen molar-refractivity contribution in [3.63, 3.8) is 0 Å². The Hall–Kier alpha value is -0.690. The van der Waals surface area contributed by atoms with Crippen LogP contribution in [0.15, 0.2) is 42.5 Å². The Balaban J connectivity index is 2.21. The molecule has 1 amide bonds. The number of benzene rings is 2. The van der Waals surface area contributed by atoms with Crippen LogP contribution in [0, 0.1) is 17.4 Å². The van der Waals surface area contributed by atoms with Crippen molar-refractivity contribution in [1.82, 2.24) is 5.32 Å². The Labute approximate surface area is 170 Å². The van der Waals surface area contributed by atoms with Crippen molar-refractivity contribution < 1.29 is 4.79 Å². The first-order chi connectivity index (χ1) is 11.2. The number of hydrogen-bond donors (Lipinski definition) is 2. The summed E-state index contributed by atoms with van der Waals surface area (Å²) in [6.45, 7) is 3.95. The number of alkyl halides is 3. The molecule has 2 aromatic carbocycles. The summed E-state index contributed by atoms with van der Waals surface area (Å²) in [6.07, 6.45) is -0.880. The second kappa shape index (κ2) is 8.13. The van der Waals surface area contributed by atoms with Crippen molar-refractivity contribution in [3.8, 4) is 0 Å². The molecule has 128 valence electrons. The summed E-state index contributed by atoms with van der Waals surface area (Å²) in [5.74, 6) is -0.317. The standard InChI is InChI=1S/C17H16Cl3IN2O/c1-10-6-7-14(11(2)8-10)22-16(17(18,19)20)23-15(24)12-4-3-5-13(21)9-12/h3-9,16,22H,1-2H3,(H,23,24). The molecule has 1 atom stereocenters. The third-order valence-electron chi connectivity index (χ3n) is 3.37. The molecule has 0 aromatic heterocycles. The Morgan fingerprint density at radius 2 is 1.83 bits per heavy atom. The van der Waals surface area contributed by atoms with Crippen molar-refractivity contribution in [2.75, 3.05) is 5.32 Å². The largest absolute Gasteiger partial charge is 0.362 e. The number of carbonyl (C=O) groups is 1. The van der Waals surface area contributed by atoms with Crippen molar-refractivity contribution in [2.24, 2.45) is 0 Å². The highest BCUT2D eigenvalue weighted by Crippen LogP contribution is 2.32. The van der Waals surface area contributed by atoms with Crippen molar-refractivity contribution in [3.05, 3.63) is 62.7 Å². The molecule has 0 bridgehead atoms. The number of hydrogen-bond acceptors (Lipinski definition) is 2. The van der Waals surface area contributed by atoms with Crippen molar-refractivity contribution in [1.29, 1.82) is 0 Å². The number of amides is 1. The van der Waals surface area contributed by atoms with Crippen LogP contribution in [0.25, 0.3) is 0 Å². The zero-order valence-corrected chi connectivity index (χ0v) is 17.5. The summed E-state index contributed by atoms with van der Waals surface area (Å²) in [7, 11) is 0. The minimum Gasteiger partial charge on any atom is -0.362 e. The smallest absolute Gasteiger partial charge is 0.253 e. The highest BCUT2D eigenvalue weighted by Gasteiger charge is 2.34. The molecule has 0 radical (unpaired) electrons. The first kappa shape index (κ1) is 19.6. The molecule has 2 rings (SSSR count). The lowest BCUT2D eigenvalue weighted by Crippen LogP contribution is -2.49.